The maximum atomic E-state index is 12.7. The van der Waals surface area contributed by atoms with Gasteiger partial charge in [0.2, 0.25) is 0 Å². The summed E-state index contributed by atoms with van der Waals surface area (Å²) in [4.78, 5) is 20.9. The number of amides is 1. The highest BCUT2D eigenvalue weighted by Crippen LogP contribution is 2.37. The molecule has 6 nitrogen and oxygen atoms in total. The molecule has 1 aliphatic heterocycles. The lowest BCUT2D eigenvalue weighted by molar-refractivity contribution is -0.0323. The molecule has 1 fully saturated rings. The van der Waals surface area contributed by atoms with Gasteiger partial charge in [0.15, 0.2) is 0 Å². The first kappa shape index (κ1) is 20.3. The Balaban J connectivity index is 1.61. The van der Waals surface area contributed by atoms with Gasteiger partial charge in [0.25, 0.3) is 5.91 Å². The minimum atomic E-state index is -0.226. The summed E-state index contributed by atoms with van der Waals surface area (Å²) in [7, 11) is 0. The number of morpholine rings is 1. The van der Waals surface area contributed by atoms with Crippen LogP contribution >= 0.6 is 22.9 Å². The summed E-state index contributed by atoms with van der Waals surface area (Å²) in [5.41, 5.74) is 2.03. The van der Waals surface area contributed by atoms with Gasteiger partial charge in [0.05, 0.1) is 19.3 Å². The number of fused-ring (bicyclic) bond motifs is 1. The lowest BCUT2D eigenvalue weighted by Crippen LogP contribution is -2.38. The average molecular weight is 432 g/mol. The Morgan fingerprint density at radius 3 is 3.10 bits per heavy atom. The number of hydrogen-bond donors (Lipinski definition) is 2. The first-order valence-corrected chi connectivity index (χ1v) is 10.7. The molecule has 8 heteroatoms. The highest BCUT2D eigenvalue weighted by atomic mass is 35.5. The number of nitrogens with one attached hydrogen (secondary N) is 1. The zero-order chi connectivity index (χ0) is 20.2. The Morgan fingerprint density at radius 2 is 2.28 bits per heavy atom. The number of nitrogens with zero attached hydrogens (tertiary/aromatic N) is 2. The molecule has 0 unspecified atom stereocenters. The fourth-order valence-electron chi connectivity index (χ4n) is 3.60. The van der Waals surface area contributed by atoms with Gasteiger partial charge in [0, 0.05) is 48.3 Å². The van der Waals surface area contributed by atoms with Gasteiger partial charge in [-0.05, 0) is 23.8 Å². The van der Waals surface area contributed by atoms with Crippen molar-refractivity contribution in [3.8, 4) is 0 Å². The van der Waals surface area contributed by atoms with Crippen molar-refractivity contribution in [2.75, 3.05) is 32.8 Å². The molecule has 0 aliphatic carbocycles. The Kier molecular flexibility index (Phi) is 6.42. The van der Waals surface area contributed by atoms with E-state index >= 15 is 0 Å². The lowest BCUT2D eigenvalue weighted by Gasteiger charge is -2.33. The smallest absolute Gasteiger partial charge is 0.261 e. The van der Waals surface area contributed by atoms with Crippen LogP contribution in [-0.2, 0) is 11.3 Å². The maximum absolute atomic E-state index is 12.7. The summed E-state index contributed by atoms with van der Waals surface area (Å²) >= 11 is 7.49. The molecule has 0 spiro atoms. The van der Waals surface area contributed by atoms with E-state index < -0.39 is 0 Å². The first-order valence-electron chi connectivity index (χ1n) is 9.50. The van der Waals surface area contributed by atoms with Crippen molar-refractivity contribution in [2.24, 2.45) is 0 Å². The number of aliphatic hydroxyl groups excluding tert-OH is 1. The third kappa shape index (κ3) is 4.60. The van der Waals surface area contributed by atoms with Gasteiger partial charge in [-0.1, -0.05) is 29.8 Å². The Labute approximate surface area is 178 Å². The van der Waals surface area contributed by atoms with Gasteiger partial charge in [0.1, 0.15) is 9.71 Å². The van der Waals surface area contributed by atoms with Crippen LogP contribution in [0, 0.1) is 0 Å². The molecule has 1 aromatic carbocycles. The van der Waals surface area contributed by atoms with E-state index in [0.29, 0.717) is 18.0 Å². The summed E-state index contributed by atoms with van der Waals surface area (Å²) in [6.45, 7) is 2.96. The average Bonchev–Trinajstić information content (AvgIpc) is 3.12. The second-order valence-corrected chi connectivity index (χ2v) is 8.34. The largest absolute Gasteiger partial charge is 0.395 e. The van der Waals surface area contributed by atoms with E-state index in [0.717, 1.165) is 39.5 Å². The van der Waals surface area contributed by atoms with Gasteiger partial charge in [-0.3, -0.25) is 9.69 Å². The number of pyridine rings is 1. The van der Waals surface area contributed by atoms with E-state index in [-0.39, 0.29) is 25.2 Å². The molecular formula is C21H22ClN3O3S. The fourth-order valence-corrected chi connectivity index (χ4v) is 4.93. The van der Waals surface area contributed by atoms with Crippen LogP contribution in [0.2, 0.25) is 5.02 Å². The van der Waals surface area contributed by atoms with Crippen molar-refractivity contribution < 1.29 is 14.6 Å². The van der Waals surface area contributed by atoms with E-state index in [1.165, 1.54) is 11.3 Å². The van der Waals surface area contributed by atoms with Crippen molar-refractivity contribution in [1.82, 2.24) is 15.2 Å². The molecule has 3 heterocycles. The summed E-state index contributed by atoms with van der Waals surface area (Å²) in [5, 5.41) is 13.5. The third-order valence-corrected chi connectivity index (χ3v) is 6.24. The number of rotatable bonds is 6. The molecule has 1 amide bonds. The molecule has 1 aliphatic rings. The van der Waals surface area contributed by atoms with Crippen LogP contribution in [0.3, 0.4) is 0 Å². The molecule has 3 aromatic rings. The summed E-state index contributed by atoms with van der Waals surface area (Å²) in [5.74, 6) is -0.201. The number of ether oxygens (including phenoxy) is 1. The second-order valence-electron chi connectivity index (χ2n) is 6.90. The molecule has 29 heavy (non-hydrogen) atoms. The van der Waals surface area contributed by atoms with E-state index in [2.05, 4.69) is 21.3 Å². The Hall–Kier alpha value is -2.03. The number of carbonyl (C=O) groups is 1. The minimum Gasteiger partial charge on any atom is -0.395 e. The number of aromatic nitrogens is 1. The Morgan fingerprint density at radius 1 is 1.38 bits per heavy atom. The van der Waals surface area contributed by atoms with E-state index in [9.17, 15) is 4.79 Å². The van der Waals surface area contributed by atoms with Crippen LogP contribution in [0.5, 0.6) is 0 Å². The van der Waals surface area contributed by atoms with Crippen molar-refractivity contribution in [1.29, 1.82) is 0 Å². The van der Waals surface area contributed by atoms with Crippen molar-refractivity contribution in [3.63, 3.8) is 0 Å². The number of thiophene rings is 1. The number of hydrogen-bond acceptors (Lipinski definition) is 6. The topological polar surface area (TPSA) is 74.7 Å². The number of aliphatic hydroxyl groups is 1. The van der Waals surface area contributed by atoms with Crippen molar-refractivity contribution >= 4 is 39.1 Å². The van der Waals surface area contributed by atoms with E-state index in [1.54, 1.807) is 6.20 Å². The normalized spacial score (nSPS) is 17.5. The molecule has 0 radical (unpaired) electrons. The van der Waals surface area contributed by atoms with Crippen molar-refractivity contribution in [2.45, 2.75) is 12.6 Å². The van der Waals surface area contributed by atoms with E-state index in [1.807, 2.05) is 30.3 Å². The highest BCUT2D eigenvalue weighted by molar-refractivity contribution is 7.20. The van der Waals surface area contributed by atoms with Crippen LogP contribution in [0.4, 0.5) is 0 Å². The van der Waals surface area contributed by atoms with Crippen LogP contribution < -0.4 is 5.32 Å². The van der Waals surface area contributed by atoms with Crippen molar-refractivity contribution in [3.05, 3.63) is 63.6 Å². The standard InChI is InChI=1S/C21H22ClN3O3S/c22-15-4-1-3-14(11-15)12-25-8-10-28-17(13-25)18-16-5-2-6-24-21(16)29-19(18)20(27)23-7-9-26/h1-6,11,17,26H,7-10,12-13H2,(H,23,27)/t17-/m1/s1. The zero-order valence-corrected chi connectivity index (χ0v) is 17.4. The number of carbonyl (C=O) groups excluding carboxylic acids is 1. The highest BCUT2D eigenvalue weighted by Gasteiger charge is 2.30. The molecular weight excluding hydrogens is 410 g/mol. The second kappa shape index (κ2) is 9.19. The summed E-state index contributed by atoms with van der Waals surface area (Å²) in [6, 6.07) is 11.7. The summed E-state index contributed by atoms with van der Waals surface area (Å²) < 4.78 is 6.10. The monoisotopic (exact) mass is 431 g/mol. The number of halogens is 1. The summed E-state index contributed by atoms with van der Waals surface area (Å²) in [6.07, 6.45) is 1.50. The first-order chi connectivity index (χ1) is 14.2. The molecule has 1 atom stereocenters. The van der Waals surface area contributed by atoms with Gasteiger partial charge in [-0.15, -0.1) is 11.3 Å². The molecule has 0 bridgehead atoms. The predicted molar refractivity (Wildman–Crippen MR) is 114 cm³/mol. The SMILES string of the molecule is O=C(NCCO)c1sc2ncccc2c1[C@H]1CN(Cc2cccc(Cl)c2)CCO1. The van der Waals surface area contributed by atoms with Crippen LogP contribution in [-0.4, -0.2) is 53.7 Å². The van der Waals surface area contributed by atoms with E-state index in [4.69, 9.17) is 21.4 Å². The molecule has 4 rings (SSSR count). The van der Waals surface area contributed by atoms with Crippen LogP contribution in [0.15, 0.2) is 42.6 Å². The zero-order valence-electron chi connectivity index (χ0n) is 15.8. The van der Waals surface area contributed by atoms with Crippen LogP contribution in [0.1, 0.15) is 26.9 Å². The minimum absolute atomic E-state index is 0.0996. The maximum Gasteiger partial charge on any atom is 0.261 e. The molecule has 2 aromatic heterocycles. The lowest BCUT2D eigenvalue weighted by atomic mass is 10.0. The number of benzene rings is 1. The van der Waals surface area contributed by atoms with Crippen LogP contribution in [0.25, 0.3) is 10.2 Å². The molecule has 152 valence electrons. The molecule has 1 saturated heterocycles. The van der Waals surface area contributed by atoms with Gasteiger partial charge in [-0.25, -0.2) is 4.98 Å². The van der Waals surface area contributed by atoms with Gasteiger partial charge < -0.3 is 15.2 Å². The molecule has 0 saturated carbocycles. The molecule has 2 N–H and O–H groups in total. The van der Waals surface area contributed by atoms with Gasteiger partial charge in [-0.2, -0.15) is 0 Å². The third-order valence-electron chi connectivity index (χ3n) is 4.88. The predicted octanol–water partition coefficient (Wildman–Crippen LogP) is 3.25. The van der Waals surface area contributed by atoms with Gasteiger partial charge >= 0.3 is 0 Å². The Bertz CT molecular complexity index is 1010. The fraction of sp³-hybridized carbons (Fsp3) is 0.333. The quantitative estimate of drug-likeness (QED) is 0.626.